The SMILES string of the molecule is N#Cc1cccc(-c2cccc(Cl)c2Br)c1. The van der Waals surface area contributed by atoms with Gasteiger partial charge in [0.1, 0.15) is 0 Å². The molecule has 2 rings (SSSR count). The van der Waals surface area contributed by atoms with Crippen molar-refractivity contribution in [1.82, 2.24) is 0 Å². The second-order valence-electron chi connectivity index (χ2n) is 3.29. The highest BCUT2D eigenvalue weighted by molar-refractivity contribution is 9.10. The molecule has 0 aromatic heterocycles. The minimum absolute atomic E-state index is 0.643. The highest BCUT2D eigenvalue weighted by Crippen LogP contribution is 2.33. The number of nitrogens with zero attached hydrogens (tertiary/aromatic N) is 1. The van der Waals surface area contributed by atoms with E-state index in [1.54, 1.807) is 6.07 Å². The van der Waals surface area contributed by atoms with Crippen LogP contribution in [-0.2, 0) is 0 Å². The van der Waals surface area contributed by atoms with Crippen molar-refractivity contribution in [2.45, 2.75) is 0 Å². The Labute approximate surface area is 107 Å². The normalized spacial score (nSPS) is 9.81. The first-order valence-corrected chi connectivity index (χ1v) is 5.84. The molecule has 78 valence electrons. The van der Waals surface area contributed by atoms with Crippen molar-refractivity contribution >= 4 is 27.5 Å². The molecular formula is C13H7BrClN. The second kappa shape index (κ2) is 4.69. The predicted octanol–water partition coefficient (Wildman–Crippen LogP) is 4.64. The van der Waals surface area contributed by atoms with Crippen LogP contribution in [0.25, 0.3) is 11.1 Å². The lowest BCUT2D eigenvalue weighted by molar-refractivity contribution is 1.48. The highest BCUT2D eigenvalue weighted by Gasteiger charge is 2.06. The smallest absolute Gasteiger partial charge is 0.0991 e. The van der Waals surface area contributed by atoms with Crippen molar-refractivity contribution in [2.24, 2.45) is 0 Å². The topological polar surface area (TPSA) is 23.8 Å². The molecule has 0 radical (unpaired) electrons. The zero-order valence-corrected chi connectivity index (χ0v) is 10.6. The van der Waals surface area contributed by atoms with Crippen molar-refractivity contribution in [3.05, 3.63) is 57.5 Å². The van der Waals surface area contributed by atoms with Gasteiger partial charge in [-0.15, -0.1) is 0 Å². The Bertz CT molecular complexity index is 572. The van der Waals surface area contributed by atoms with Crippen molar-refractivity contribution in [1.29, 1.82) is 5.26 Å². The predicted molar refractivity (Wildman–Crippen MR) is 69.3 cm³/mol. The summed E-state index contributed by atoms with van der Waals surface area (Å²) in [6.07, 6.45) is 0. The molecule has 0 aliphatic carbocycles. The number of hydrogen-bond donors (Lipinski definition) is 0. The van der Waals surface area contributed by atoms with Crippen LogP contribution in [-0.4, -0.2) is 0 Å². The van der Waals surface area contributed by atoms with Gasteiger partial charge in [0.15, 0.2) is 0 Å². The van der Waals surface area contributed by atoms with E-state index in [1.165, 1.54) is 0 Å². The summed E-state index contributed by atoms with van der Waals surface area (Å²) in [5.41, 5.74) is 2.61. The van der Waals surface area contributed by atoms with Crippen molar-refractivity contribution < 1.29 is 0 Å². The Kier molecular flexibility index (Phi) is 3.28. The van der Waals surface area contributed by atoms with Crippen molar-refractivity contribution in [3.63, 3.8) is 0 Å². The molecule has 2 aromatic rings. The van der Waals surface area contributed by atoms with Gasteiger partial charge in [-0.3, -0.25) is 0 Å². The first-order chi connectivity index (χ1) is 7.72. The summed E-state index contributed by atoms with van der Waals surface area (Å²) in [4.78, 5) is 0. The minimum atomic E-state index is 0.643. The van der Waals surface area contributed by atoms with E-state index in [9.17, 15) is 0 Å². The average Bonchev–Trinajstić information content (AvgIpc) is 2.33. The molecule has 0 bridgehead atoms. The molecule has 0 N–H and O–H groups in total. The molecule has 0 fully saturated rings. The van der Waals surface area contributed by atoms with Gasteiger partial charge in [-0.25, -0.2) is 0 Å². The first-order valence-electron chi connectivity index (χ1n) is 4.67. The molecule has 0 saturated carbocycles. The molecule has 3 heteroatoms. The van der Waals surface area contributed by atoms with Gasteiger partial charge in [0.05, 0.1) is 16.7 Å². The van der Waals surface area contributed by atoms with E-state index in [0.29, 0.717) is 10.6 Å². The molecule has 2 aromatic carbocycles. The third kappa shape index (κ3) is 2.11. The van der Waals surface area contributed by atoms with E-state index in [1.807, 2.05) is 36.4 Å². The summed E-state index contributed by atoms with van der Waals surface area (Å²) >= 11 is 9.47. The number of nitriles is 1. The Balaban J connectivity index is 2.59. The molecular weight excluding hydrogens is 286 g/mol. The van der Waals surface area contributed by atoms with Gasteiger partial charge in [0.25, 0.3) is 0 Å². The van der Waals surface area contributed by atoms with E-state index in [0.717, 1.165) is 15.6 Å². The maximum Gasteiger partial charge on any atom is 0.0991 e. The number of rotatable bonds is 1. The van der Waals surface area contributed by atoms with Gasteiger partial charge >= 0.3 is 0 Å². The van der Waals surface area contributed by atoms with Gasteiger partial charge in [0, 0.05) is 4.47 Å². The van der Waals surface area contributed by atoms with Crippen LogP contribution in [0.3, 0.4) is 0 Å². The molecule has 1 nitrogen and oxygen atoms in total. The number of benzene rings is 2. The first kappa shape index (κ1) is 11.2. The van der Waals surface area contributed by atoms with Crippen LogP contribution in [0.2, 0.25) is 5.02 Å². The van der Waals surface area contributed by atoms with Crippen LogP contribution in [0.5, 0.6) is 0 Å². The molecule has 0 aliphatic heterocycles. The molecule has 0 heterocycles. The Hall–Kier alpha value is -1.30. The summed E-state index contributed by atoms with van der Waals surface area (Å²) < 4.78 is 0.853. The van der Waals surface area contributed by atoms with Crippen LogP contribution in [0, 0.1) is 11.3 Å². The fourth-order valence-electron chi connectivity index (χ4n) is 1.48. The summed E-state index contributed by atoms with van der Waals surface area (Å²) in [5.74, 6) is 0. The molecule has 0 spiro atoms. The second-order valence-corrected chi connectivity index (χ2v) is 4.49. The van der Waals surface area contributed by atoms with Crippen LogP contribution >= 0.6 is 27.5 Å². The summed E-state index contributed by atoms with van der Waals surface area (Å²) in [6.45, 7) is 0. The average molecular weight is 293 g/mol. The van der Waals surface area contributed by atoms with Crippen LogP contribution in [0.1, 0.15) is 5.56 Å². The fraction of sp³-hybridized carbons (Fsp3) is 0. The van der Waals surface area contributed by atoms with Gasteiger partial charge in [-0.2, -0.15) is 5.26 Å². The highest BCUT2D eigenvalue weighted by atomic mass is 79.9. The largest absolute Gasteiger partial charge is 0.192 e. The molecule has 0 saturated heterocycles. The molecule has 16 heavy (non-hydrogen) atoms. The lowest BCUT2D eigenvalue weighted by Gasteiger charge is -2.06. The maximum absolute atomic E-state index is 8.85. The third-order valence-electron chi connectivity index (χ3n) is 2.25. The van der Waals surface area contributed by atoms with Gasteiger partial charge < -0.3 is 0 Å². The van der Waals surface area contributed by atoms with E-state index in [4.69, 9.17) is 16.9 Å². The Morgan fingerprint density at radius 2 is 1.88 bits per heavy atom. The summed E-state index contributed by atoms with van der Waals surface area (Å²) in [6, 6.07) is 15.2. The van der Waals surface area contributed by atoms with E-state index in [-0.39, 0.29) is 0 Å². The lowest BCUT2D eigenvalue weighted by Crippen LogP contribution is -1.82. The number of halogens is 2. The van der Waals surface area contributed by atoms with Crippen LogP contribution < -0.4 is 0 Å². The zero-order chi connectivity index (χ0) is 11.5. The maximum atomic E-state index is 8.85. The quantitative estimate of drug-likeness (QED) is 0.751. The third-order valence-corrected chi connectivity index (χ3v) is 3.65. The Morgan fingerprint density at radius 1 is 1.12 bits per heavy atom. The van der Waals surface area contributed by atoms with E-state index < -0.39 is 0 Å². The zero-order valence-electron chi connectivity index (χ0n) is 8.24. The van der Waals surface area contributed by atoms with Crippen LogP contribution in [0.15, 0.2) is 46.9 Å². The van der Waals surface area contributed by atoms with Crippen molar-refractivity contribution in [3.8, 4) is 17.2 Å². The molecule has 0 unspecified atom stereocenters. The molecule has 0 atom stereocenters. The standard InChI is InChI=1S/C13H7BrClN/c14-13-11(5-2-6-12(13)15)10-4-1-3-9(7-10)8-16/h1-7H. The number of hydrogen-bond acceptors (Lipinski definition) is 1. The van der Waals surface area contributed by atoms with Crippen molar-refractivity contribution in [2.75, 3.05) is 0 Å². The summed E-state index contributed by atoms with van der Waals surface area (Å²) in [5, 5.41) is 9.51. The van der Waals surface area contributed by atoms with E-state index in [2.05, 4.69) is 22.0 Å². The van der Waals surface area contributed by atoms with Gasteiger partial charge in [0.2, 0.25) is 0 Å². The Morgan fingerprint density at radius 3 is 2.62 bits per heavy atom. The molecule has 0 aliphatic rings. The van der Waals surface area contributed by atoms with Gasteiger partial charge in [-0.05, 0) is 45.3 Å². The van der Waals surface area contributed by atoms with Gasteiger partial charge in [-0.1, -0.05) is 35.9 Å². The lowest BCUT2D eigenvalue weighted by atomic mass is 10.0. The van der Waals surface area contributed by atoms with Crippen LogP contribution in [0.4, 0.5) is 0 Å². The monoisotopic (exact) mass is 291 g/mol. The fourth-order valence-corrected chi connectivity index (χ4v) is 2.15. The van der Waals surface area contributed by atoms with E-state index >= 15 is 0 Å². The molecule has 0 amide bonds. The minimum Gasteiger partial charge on any atom is -0.192 e. The summed E-state index contributed by atoms with van der Waals surface area (Å²) in [7, 11) is 0.